The molecule has 1 saturated heterocycles. The molecule has 1 aromatic carbocycles. The highest BCUT2D eigenvalue weighted by Crippen LogP contribution is 2.22. The normalized spacial score (nSPS) is 17.2. The van der Waals surface area contributed by atoms with Crippen molar-refractivity contribution in [2.24, 2.45) is 0 Å². The number of pyridine rings is 1. The Labute approximate surface area is 158 Å². The van der Waals surface area contributed by atoms with Crippen LogP contribution in [0.2, 0.25) is 0 Å². The van der Waals surface area contributed by atoms with Gasteiger partial charge in [-0.15, -0.1) is 12.4 Å². The lowest BCUT2D eigenvalue weighted by Crippen LogP contribution is -2.49. The average Bonchev–Trinajstić information content (AvgIpc) is 2.92. The molecule has 2 aliphatic heterocycles. The molecule has 4 rings (SSSR count). The number of nitrogens with zero attached hydrogens (tertiary/aromatic N) is 4. The van der Waals surface area contributed by atoms with Crippen molar-refractivity contribution in [3.63, 3.8) is 0 Å². The molecule has 0 radical (unpaired) electrons. The van der Waals surface area contributed by atoms with Gasteiger partial charge in [-0.05, 0) is 24.3 Å². The fraction of sp³-hybridized carbons (Fsp3) is 0.316. The van der Waals surface area contributed by atoms with Crippen LogP contribution in [-0.4, -0.2) is 65.9 Å². The van der Waals surface area contributed by atoms with Gasteiger partial charge in [0.25, 0.3) is 11.8 Å². The van der Waals surface area contributed by atoms with E-state index in [0.717, 1.165) is 32.0 Å². The number of aromatic nitrogens is 1. The van der Waals surface area contributed by atoms with Gasteiger partial charge in [0.05, 0.1) is 11.1 Å². The van der Waals surface area contributed by atoms with Gasteiger partial charge in [0, 0.05) is 45.5 Å². The van der Waals surface area contributed by atoms with Gasteiger partial charge in [-0.1, -0.05) is 18.2 Å². The Bertz CT molecular complexity index is 756. The molecule has 26 heavy (non-hydrogen) atoms. The summed E-state index contributed by atoms with van der Waals surface area (Å²) in [5.41, 5.74) is 1.04. The van der Waals surface area contributed by atoms with E-state index < -0.39 is 0 Å². The van der Waals surface area contributed by atoms with Crippen LogP contribution in [0.3, 0.4) is 0 Å². The predicted octanol–water partition coefficient (Wildman–Crippen LogP) is 1.92. The maximum absolute atomic E-state index is 12.4. The first-order chi connectivity index (χ1) is 12.2. The number of hydrogen-bond donors (Lipinski definition) is 0. The molecule has 2 aromatic rings. The van der Waals surface area contributed by atoms with Crippen molar-refractivity contribution in [2.75, 3.05) is 44.2 Å². The molecule has 0 aliphatic carbocycles. The fourth-order valence-corrected chi connectivity index (χ4v) is 3.43. The summed E-state index contributed by atoms with van der Waals surface area (Å²) in [7, 11) is 0. The van der Waals surface area contributed by atoms with Gasteiger partial charge in [-0.3, -0.25) is 19.4 Å². The lowest BCUT2D eigenvalue weighted by Gasteiger charge is -2.35. The van der Waals surface area contributed by atoms with Gasteiger partial charge in [-0.25, -0.2) is 4.98 Å². The van der Waals surface area contributed by atoms with Crippen molar-refractivity contribution in [2.45, 2.75) is 0 Å². The first kappa shape index (κ1) is 18.4. The van der Waals surface area contributed by atoms with Crippen molar-refractivity contribution >= 4 is 30.0 Å². The first-order valence-electron chi connectivity index (χ1n) is 8.57. The molecule has 0 bridgehead atoms. The minimum atomic E-state index is -0.173. The van der Waals surface area contributed by atoms with Crippen LogP contribution in [0.15, 0.2) is 48.7 Å². The van der Waals surface area contributed by atoms with E-state index in [1.54, 1.807) is 24.3 Å². The fourth-order valence-electron chi connectivity index (χ4n) is 3.43. The third kappa shape index (κ3) is 3.43. The smallest absolute Gasteiger partial charge is 0.261 e. The van der Waals surface area contributed by atoms with Crippen molar-refractivity contribution in [1.82, 2.24) is 14.8 Å². The zero-order valence-electron chi connectivity index (χ0n) is 14.4. The molecule has 6 nitrogen and oxygen atoms in total. The van der Waals surface area contributed by atoms with E-state index in [4.69, 9.17) is 0 Å². The van der Waals surface area contributed by atoms with Crippen molar-refractivity contribution in [1.29, 1.82) is 0 Å². The SMILES string of the molecule is Cl.O=C1c2ccccc2C(=O)N1CCN1CCN(c2ccccn2)CC1. The standard InChI is InChI=1S/C19H20N4O2.ClH/c24-18-15-5-1-2-6-16(15)19(25)23(18)14-11-21-9-12-22(13-10-21)17-7-3-4-8-20-17;/h1-8H,9-14H2;1H. The van der Waals surface area contributed by atoms with Gasteiger partial charge in [0.1, 0.15) is 5.82 Å². The molecule has 1 aromatic heterocycles. The molecule has 1 fully saturated rings. The van der Waals surface area contributed by atoms with Crippen LogP contribution in [-0.2, 0) is 0 Å². The molecule has 0 N–H and O–H groups in total. The van der Waals surface area contributed by atoms with Crippen molar-refractivity contribution < 1.29 is 9.59 Å². The second-order valence-corrected chi connectivity index (χ2v) is 6.32. The van der Waals surface area contributed by atoms with E-state index in [2.05, 4.69) is 14.8 Å². The summed E-state index contributed by atoms with van der Waals surface area (Å²) < 4.78 is 0. The highest BCUT2D eigenvalue weighted by Gasteiger charge is 2.35. The molecule has 136 valence electrons. The lowest BCUT2D eigenvalue weighted by atomic mass is 10.1. The number of hydrogen-bond acceptors (Lipinski definition) is 5. The molecule has 0 atom stereocenters. The Morgan fingerprint density at radius 2 is 1.42 bits per heavy atom. The van der Waals surface area contributed by atoms with Crippen LogP contribution in [0, 0.1) is 0 Å². The molecule has 0 spiro atoms. The molecule has 0 saturated carbocycles. The minimum Gasteiger partial charge on any atom is -0.354 e. The monoisotopic (exact) mass is 372 g/mol. The summed E-state index contributed by atoms with van der Waals surface area (Å²) in [6, 6.07) is 13.0. The van der Waals surface area contributed by atoms with E-state index in [1.807, 2.05) is 24.4 Å². The maximum Gasteiger partial charge on any atom is 0.261 e. The number of rotatable bonds is 4. The second-order valence-electron chi connectivity index (χ2n) is 6.32. The Hall–Kier alpha value is -2.44. The molecule has 7 heteroatoms. The van der Waals surface area contributed by atoms with Crippen LogP contribution < -0.4 is 4.90 Å². The van der Waals surface area contributed by atoms with E-state index in [9.17, 15) is 9.59 Å². The summed E-state index contributed by atoms with van der Waals surface area (Å²) >= 11 is 0. The largest absolute Gasteiger partial charge is 0.354 e. The zero-order chi connectivity index (χ0) is 17.2. The Balaban J connectivity index is 0.00000196. The molecule has 3 heterocycles. The number of piperazine rings is 1. The topological polar surface area (TPSA) is 56.8 Å². The molecule has 2 amide bonds. The molecule has 0 unspecified atom stereocenters. The average molecular weight is 373 g/mol. The zero-order valence-corrected chi connectivity index (χ0v) is 15.2. The van der Waals surface area contributed by atoms with Gasteiger partial charge in [0.15, 0.2) is 0 Å². The summed E-state index contributed by atoms with van der Waals surface area (Å²) in [6.07, 6.45) is 1.81. The maximum atomic E-state index is 12.4. The summed E-state index contributed by atoms with van der Waals surface area (Å²) in [6.45, 7) is 4.76. The van der Waals surface area contributed by atoms with E-state index >= 15 is 0 Å². The number of fused-ring (bicyclic) bond motifs is 1. The lowest BCUT2D eigenvalue weighted by molar-refractivity contribution is 0.0635. The number of benzene rings is 1. The second kappa shape index (κ2) is 7.85. The van der Waals surface area contributed by atoms with Crippen LogP contribution in [0.25, 0.3) is 0 Å². The number of halogens is 1. The summed E-state index contributed by atoms with van der Waals surface area (Å²) in [5, 5.41) is 0. The number of imide groups is 1. The third-order valence-electron chi connectivity index (χ3n) is 4.86. The van der Waals surface area contributed by atoms with Gasteiger partial charge >= 0.3 is 0 Å². The van der Waals surface area contributed by atoms with Crippen LogP contribution in [0.5, 0.6) is 0 Å². The summed E-state index contributed by atoms with van der Waals surface area (Å²) in [5.74, 6) is 0.656. The minimum absolute atomic E-state index is 0. The highest BCUT2D eigenvalue weighted by molar-refractivity contribution is 6.21. The molecular weight excluding hydrogens is 352 g/mol. The number of amides is 2. The Morgan fingerprint density at radius 3 is 2.00 bits per heavy atom. The van der Waals surface area contributed by atoms with Crippen molar-refractivity contribution in [3.8, 4) is 0 Å². The van der Waals surface area contributed by atoms with E-state index in [0.29, 0.717) is 24.2 Å². The van der Waals surface area contributed by atoms with Gasteiger partial charge < -0.3 is 4.90 Å². The van der Waals surface area contributed by atoms with E-state index in [-0.39, 0.29) is 24.2 Å². The Morgan fingerprint density at radius 1 is 0.808 bits per heavy atom. The molecular formula is C19H21ClN4O2. The van der Waals surface area contributed by atoms with Gasteiger partial charge in [-0.2, -0.15) is 0 Å². The van der Waals surface area contributed by atoms with Crippen LogP contribution in [0.4, 0.5) is 5.82 Å². The van der Waals surface area contributed by atoms with Crippen molar-refractivity contribution in [3.05, 3.63) is 59.8 Å². The predicted molar refractivity (Wildman–Crippen MR) is 102 cm³/mol. The third-order valence-corrected chi connectivity index (χ3v) is 4.86. The van der Waals surface area contributed by atoms with Crippen LogP contribution in [0.1, 0.15) is 20.7 Å². The van der Waals surface area contributed by atoms with E-state index in [1.165, 1.54) is 4.90 Å². The highest BCUT2D eigenvalue weighted by atomic mass is 35.5. The van der Waals surface area contributed by atoms with Crippen LogP contribution >= 0.6 is 12.4 Å². The summed E-state index contributed by atoms with van der Waals surface area (Å²) in [4.78, 5) is 35.1. The molecule has 2 aliphatic rings. The Kier molecular flexibility index (Phi) is 5.54. The number of carbonyl (C=O) groups is 2. The number of carbonyl (C=O) groups excluding carboxylic acids is 2. The quantitative estimate of drug-likeness (QED) is 0.767. The first-order valence-corrected chi connectivity index (χ1v) is 8.57. The van der Waals surface area contributed by atoms with Gasteiger partial charge in [0.2, 0.25) is 0 Å². The number of anilines is 1.